The highest BCUT2D eigenvalue weighted by atomic mass is 32.2. The first-order valence-corrected chi connectivity index (χ1v) is 9.45. The van der Waals surface area contributed by atoms with E-state index in [-0.39, 0.29) is 0 Å². The van der Waals surface area contributed by atoms with Gasteiger partial charge in [0.1, 0.15) is 17.0 Å². The molecule has 120 valence electrons. The van der Waals surface area contributed by atoms with Gasteiger partial charge in [-0.1, -0.05) is 18.2 Å². The van der Waals surface area contributed by atoms with E-state index in [0.29, 0.717) is 0 Å². The van der Waals surface area contributed by atoms with Crippen LogP contribution in [0.2, 0.25) is 0 Å². The Morgan fingerprint density at radius 1 is 1.12 bits per heavy atom. The summed E-state index contributed by atoms with van der Waals surface area (Å²) >= 11 is 3.49. The Morgan fingerprint density at radius 3 is 2.71 bits per heavy atom. The molecule has 0 saturated carbocycles. The second kappa shape index (κ2) is 6.37. The summed E-state index contributed by atoms with van der Waals surface area (Å²) in [5, 5.41) is 1.13. The smallest absolute Gasteiger partial charge is 0.150 e. The van der Waals surface area contributed by atoms with Gasteiger partial charge in [0.25, 0.3) is 0 Å². The predicted molar refractivity (Wildman–Crippen MR) is 100 cm³/mol. The molecule has 4 aromatic rings. The van der Waals surface area contributed by atoms with Crippen LogP contribution in [0.3, 0.4) is 0 Å². The molecule has 6 heteroatoms. The lowest BCUT2D eigenvalue weighted by Gasteiger charge is -2.07. The van der Waals surface area contributed by atoms with Crippen molar-refractivity contribution in [2.75, 3.05) is 0 Å². The van der Waals surface area contributed by atoms with Gasteiger partial charge in [-0.05, 0) is 31.5 Å². The van der Waals surface area contributed by atoms with E-state index in [1.54, 1.807) is 35.6 Å². The monoisotopic (exact) mass is 352 g/mol. The van der Waals surface area contributed by atoms with Gasteiger partial charge in [-0.2, -0.15) is 0 Å². The van der Waals surface area contributed by atoms with E-state index in [4.69, 9.17) is 9.97 Å². The molecular weight excluding hydrogens is 336 g/mol. The molecule has 24 heavy (non-hydrogen) atoms. The van der Waals surface area contributed by atoms with E-state index in [9.17, 15) is 0 Å². The second-order valence-electron chi connectivity index (χ2n) is 5.50. The average molecular weight is 352 g/mol. The van der Waals surface area contributed by atoms with Crippen molar-refractivity contribution in [3.8, 4) is 5.82 Å². The number of hydrogen-bond donors (Lipinski definition) is 0. The molecule has 0 radical (unpaired) electrons. The summed E-state index contributed by atoms with van der Waals surface area (Å²) in [5.74, 6) is 2.52. The van der Waals surface area contributed by atoms with Crippen LogP contribution in [0, 0.1) is 13.8 Å². The minimum atomic E-state index is 0.748. The summed E-state index contributed by atoms with van der Waals surface area (Å²) in [4.78, 5) is 17.4. The van der Waals surface area contributed by atoms with Gasteiger partial charge >= 0.3 is 0 Å². The van der Waals surface area contributed by atoms with Gasteiger partial charge in [0.2, 0.25) is 0 Å². The van der Waals surface area contributed by atoms with Crippen LogP contribution in [-0.2, 0) is 5.75 Å². The zero-order chi connectivity index (χ0) is 16.5. The standard InChI is InChI=1S/C18H16N4S2/c1-12-13(2)24-18-16(12)17(22-9-8-19-11-22)20-15(21-18)10-23-14-6-4-3-5-7-14/h3-9,11H,10H2,1-2H3. The van der Waals surface area contributed by atoms with Crippen molar-refractivity contribution in [3.63, 3.8) is 0 Å². The lowest BCUT2D eigenvalue weighted by Crippen LogP contribution is -2.02. The molecule has 4 rings (SSSR count). The molecule has 0 spiro atoms. The number of nitrogens with zero attached hydrogens (tertiary/aromatic N) is 4. The van der Waals surface area contributed by atoms with E-state index < -0.39 is 0 Å². The zero-order valence-electron chi connectivity index (χ0n) is 13.4. The van der Waals surface area contributed by atoms with E-state index in [1.807, 2.05) is 16.8 Å². The van der Waals surface area contributed by atoms with Gasteiger partial charge in [0.15, 0.2) is 5.82 Å². The Bertz CT molecular complexity index is 975. The molecule has 0 unspecified atom stereocenters. The summed E-state index contributed by atoms with van der Waals surface area (Å²) in [6.45, 7) is 4.27. The topological polar surface area (TPSA) is 43.6 Å². The van der Waals surface area contributed by atoms with Gasteiger partial charge < -0.3 is 0 Å². The van der Waals surface area contributed by atoms with E-state index in [2.05, 4.69) is 43.1 Å². The Labute approximate surface area is 148 Å². The summed E-state index contributed by atoms with van der Waals surface area (Å²) in [7, 11) is 0. The quantitative estimate of drug-likeness (QED) is 0.496. The van der Waals surface area contributed by atoms with Crippen LogP contribution in [0.15, 0.2) is 53.9 Å². The van der Waals surface area contributed by atoms with Crippen molar-refractivity contribution in [3.05, 3.63) is 65.3 Å². The molecule has 3 aromatic heterocycles. The van der Waals surface area contributed by atoms with E-state index in [0.717, 1.165) is 27.6 Å². The molecule has 0 aliphatic heterocycles. The van der Waals surface area contributed by atoms with Crippen molar-refractivity contribution >= 4 is 33.3 Å². The first-order chi connectivity index (χ1) is 11.7. The van der Waals surface area contributed by atoms with Crippen LogP contribution >= 0.6 is 23.1 Å². The van der Waals surface area contributed by atoms with Crippen molar-refractivity contribution < 1.29 is 0 Å². The number of fused-ring (bicyclic) bond motifs is 1. The van der Waals surface area contributed by atoms with Gasteiger partial charge in [-0.3, -0.25) is 4.57 Å². The van der Waals surface area contributed by atoms with E-state index in [1.165, 1.54) is 15.3 Å². The molecule has 0 fully saturated rings. The molecule has 4 nitrogen and oxygen atoms in total. The fourth-order valence-electron chi connectivity index (χ4n) is 2.57. The first-order valence-electron chi connectivity index (χ1n) is 7.65. The first kappa shape index (κ1) is 15.4. The van der Waals surface area contributed by atoms with Crippen LogP contribution in [-0.4, -0.2) is 19.5 Å². The molecule has 0 bridgehead atoms. The molecule has 0 N–H and O–H groups in total. The summed E-state index contributed by atoms with van der Waals surface area (Å²) in [6, 6.07) is 10.4. The molecule has 0 atom stereocenters. The van der Waals surface area contributed by atoms with E-state index >= 15 is 0 Å². The molecule has 0 aliphatic rings. The number of thiophene rings is 1. The molecule has 0 amide bonds. The van der Waals surface area contributed by atoms with Crippen LogP contribution in [0.4, 0.5) is 0 Å². The molecular formula is C18H16N4S2. The fourth-order valence-corrected chi connectivity index (χ4v) is 4.39. The largest absolute Gasteiger partial charge is 0.290 e. The highest BCUT2D eigenvalue weighted by Gasteiger charge is 2.15. The van der Waals surface area contributed by atoms with Crippen LogP contribution in [0.5, 0.6) is 0 Å². The summed E-state index contributed by atoms with van der Waals surface area (Å²) in [5.41, 5.74) is 1.25. The number of aryl methyl sites for hydroxylation is 2. The minimum Gasteiger partial charge on any atom is -0.290 e. The average Bonchev–Trinajstić information content (AvgIpc) is 3.23. The third-order valence-electron chi connectivity index (χ3n) is 3.92. The maximum Gasteiger partial charge on any atom is 0.150 e. The highest BCUT2D eigenvalue weighted by molar-refractivity contribution is 7.98. The van der Waals surface area contributed by atoms with Gasteiger partial charge in [0, 0.05) is 22.2 Å². The van der Waals surface area contributed by atoms with Crippen molar-refractivity contribution in [1.29, 1.82) is 0 Å². The summed E-state index contributed by atoms with van der Waals surface area (Å²) < 4.78 is 1.97. The number of imidazole rings is 1. The van der Waals surface area contributed by atoms with Crippen molar-refractivity contribution in [1.82, 2.24) is 19.5 Å². The van der Waals surface area contributed by atoms with Crippen molar-refractivity contribution in [2.45, 2.75) is 24.5 Å². The van der Waals surface area contributed by atoms with Crippen molar-refractivity contribution in [2.24, 2.45) is 0 Å². The normalized spacial score (nSPS) is 11.2. The molecule has 0 aliphatic carbocycles. The number of aromatic nitrogens is 4. The SMILES string of the molecule is Cc1sc2nc(CSc3ccccc3)nc(-n3ccnc3)c2c1C. The minimum absolute atomic E-state index is 0.748. The Kier molecular flexibility index (Phi) is 4.08. The predicted octanol–water partition coefficient (Wildman–Crippen LogP) is 4.79. The van der Waals surface area contributed by atoms with Crippen LogP contribution in [0.1, 0.15) is 16.3 Å². The fraction of sp³-hybridized carbons (Fsp3) is 0.167. The molecule has 3 heterocycles. The number of thioether (sulfide) groups is 1. The third-order valence-corrected chi connectivity index (χ3v) is 6.03. The number of hydrogen-bond acceptors (Lipinski definition) is 5. The van der Waals surface area contributed by atoms with Gasteiger partial charge in [0.05, 0.1) is 11.1 Å². The van der Waals surface area contributed by atoms with Gasteiger partial charge in [-0.15, -0.1) is 23.1 Å². The molecule has 1 aromatic carbocycles. The molecule has 0 saturated heterocycles. The Balaban J connectivity index is 1.77. The lowest BCUT2D eigenvalue weighted by molar-refractivity contribution is 0.956. The Morgan fingerprint density at radius 2 is 1.96 bits per heavy atom. The Hall–Kier alpha value is -2.18. The van der Waals surface area contributed by atoms with Gasteiger partial charge in [-0.25, -0.2) is 15.0 Å². The number of rotatable bonds is 4. The maximum atomic E-state index is 4.83. The second-order valence-corrected chi connectivity index (χ2v) is 7.75. The zero-order valence-corrected chi connectivity index (χ0v) is 15.1. The third kappa shape index (κ3) is 2.83. The maximum absolute atomic E-state index is 4.83. The number of benzene rings is 1. The van der Waals surface area contributed by atoms with Crippen LogP contribution in [0.25, 0.3) is 16.0 Å². The highest BCUT2D eigenvalue weighted by Crippen LogP contribution is 2.33. The summed E-state index contributed by atoms with van der Waals surface area (Å²) in [6.07, 6.45) is 5.51. The lowest BCUT2D eigenvalue weighted by atomic mass is 10.2. The van der Waals surface area contributed by atoms with Crippen LogP contribution < -0.4 is 0 Å².